The highest BCUT2D eigenvalue weighted by atomic mass is 32.1. The van der Waals surface area contributed by atoms with Crippen LogP contribution in [0.1, 0.15) is 41.7 Å². The van der Waals surface area contributed by atoms with Crippen molar-refractivity contribution < 1.29 is 4.79 Å². The number of thiocarbonyl (C=S) groups is 1. The van der Waals surface area contributed by atoms with Crippen molar-refractivity contribution in [2.75, 3.05) is 13.6 Å². The molecule has 1 aliphatic carbocycles. The largest absolute Gasteiger partial charge is 0.389 e. The molecule has 0 unspecified atom stereocenters. The third kappa shape index (κ3) is 3.50. The number of carbonyl (C=O) groups excluding carboxylic acids is 1. The quantitative estimate of drug-likeness (QED) is 0.855. The van der Waals surface area contributed by atoms with Crippen LogP contribution in [0.25, 0.3) is 0 Å². The number of hydrogen-bond acceptors (Lipinski definition) is 3. The topological polar surface area (TPSA) is 59.2 Å². The van der Waals surface area contributed by atoms with E-state index in [9.17, 15) is 4.79 Å². The van der Waals surface area contributed by atoms with Crippen molar-refractivity contribution in [2.45, 2.75) is 25.7 Å². The molecule has 1 aromatic heterocycles. The molecule has 0 radical (unpaired) electrons. The summed E-state index contributed by atoms with van der Waals surface area (Å²) >= 11 is 4.86. The Kier molecular flexibility index (Phi) is 4.47. The number of rotatable bonds is 4. The number of carbonyl (C=O) groups is 1. The van der Waals surface area contributed by atoms with Gasteiger partial charge in [-0.15, -0.1) is 0 Å². The van der Waals surface area contributed by atoms with E-state index in [0.717, 1.165) is 6.54 Å². The van der Waals surface area contributed by atoms with Gasteiger partial charge in [0.1, 0.15) is 10.7 Å². The van der Waals surface area contributed by atoms with E-state index in [0.29, 0.717) is 22.2 Å². The molecule has 19 heavy (non-hydrogen) atoms. The molecule has 102 valence electrons. The number of nitrogens with two attached hydrogens (primary N) is 1. The summed E-state index contributed by atoms with van der Waals surface area (Å²) in [6, 6.07) is 3.42. The fourth-order valence-electron chi connectivity index (χ4n) is 2.52. The second kappa shape index (κ2) is 6.10. The number of amides is 1. The Morgan fingerprint density at radius 2 is 2.16 bits per heavy atom. The Morgan fingerprint density at radius 3 is 2.68 bits per heavy atom. The maximum absolute atomic E-state index is 12.2. The minimum Gasteiger partial charge on any atom is -0.389 e. The summed E-state index contributed by atoms with van der Waals surface area (Å²) in [5.41, 5.74) is 6.63. The SMILES string of the molecule is CN(CC1CCCC1)C(=O)c1ccc(C(N)=S)cn1. The lowest BCUT2D eigenvalue weighted by Crippen LogP contribution is -2.31. The van der Waals surface area contributed by atoms with Crippen LogP contribution in [0.2, 0.25) is 0 Å². The van der Waals surface area contributed by atoms with Gasteiger partial charge in [-0.05, 0) is 30.9 Å². The zero-order chi connectivity index (χ0) is 13.8. The molecule has 0 aliphatic heterocycles. The van der Waals surface area contributed by atoms with Crippen LogP contribution >= 0.6 is 12.2 Å². The summed E-state index contributed by atoms with van der Waals surface area (Å²) in [6.45, 7) is 0.817. The minimum absolute atomic E-state index is 0.0404. The Bertz CT molecular complexity index is 466. The van der Waals surface area contributed by atoms with Gasteiger partial charge >= 0.3 is 0 Å². The first-order valence-corrected chi connectivity index (χ1v) is 7.00. The van der Waals surface area contributed by atoms with Gasteiger partial charge in [-0.3, -0.25) is 9.78 Å². The zero-order valence-electron chi connectivity index (χ0n) is 11.1. The number of aromatic nitrogens is 1. The van der Waals surface area contributed by atoms with Gasteiger partial charge in [0.2, 0.25) is 0 Å². The molecule has 1 aromatic rings. The lowest BCUT2D eigenvalue weighted by Gasteiger charge is -2.20. The van der Waals surface area contributed by atoms with E-state index in [-0.39, 0.29) is 5.91 Å². The van der Waals surface area contributed by atoms with E-state index >= 15 is 0 Å². The molecule has 0 atom stereocenters. The van der Waals surface area contributed by atoms with Gasteiger partial charge in [0, 0.05) is 25.4 Å². The van der Waals surface area contributed by atoms with Crippen molar-refractivity contribution in [3.05, 3.63) is 29.6 Å². The van der Waals surface area contributed by atoms with E-state index in [2.05, 4.69) is 4.98 Å². The summed E-state index contributed by atoms with van der Waals surface area (Å²) < 4.78 is 0. The van der Waals surface area contributed by atoms with Crippen LogP contribution in [0.15, 0.2) is 18.3 Å². The van der Waals surface area contributed by atoms with Crippen molar-refractivity contribution in [1.29, 1.82) is 0 Å². The van der Waals surface area contributed by atoms with Gasteiger partial charge in [-0.25, -0.2) is 0 Å². The van der Waals surface area contributed by atoms with E-state index in [4.69, 9.17) is 18.0 Å². The van der Waals surface area contributed by atoms with E-state index in [1.54, 1.807) is 23.2 Å². The van der Waals surface area contributed by atoms with Gasteiger partial charge in [-0.2, -0.15) is 0 Å². The second-order valence-electron chi connectivity index (χ2n) is 5.13. The summed E-state index contributed by atoms with van der Waals surface area (Å²) in [5.74, 6) is 0.603. The molecular weight excluding hydrogens is 258 g/mol. The maximum atomic E-state index is 12.2. The first-order chi connectivity index (χ1) is 9.08. The van der Waals surface area contributed by atoms with Crippen LogP contribution < -0.4 is 5.73 Å². The molecule has 1 saturated carbocycles. The molecule has 2 N–H and O–H groups in total. The highest BCUT2D eigenvalue weighted by Gasteiger charge is 2.20. The number of hydrogen-bond donors (Lipinski definition) is 1. The van der Waals surface area contributed by atoms with Crippen LogP contribution in [0.5, 0.6) is 0 Å². The fraction of sp³-hybridized carbons (Fsp3) is 0.500. The van der Waals surface area contributed by atoms with Crippen LogP contribution in [0, 0.1) is 5.92 Å². The summed E-state index contributed by atoms with van der Waals surface area (Å²) in [7, 11) is 1.84. The predicted molar refractivity (Wildman–Crippen MR) is 79.0 cm³/mol. The molecule has 1 fully saturated rings. The molecule has 5 heteroatoms. The lowest BCUT2D eigenvalue weighted by atomic mass is 10.1. The second-order valence-corrected chi connectivity index (χ2v) is 5.57. The van der Waals surface area contributed by atoms with Crippen LogP contribution in [-0.2, 0) is 0 Å². The average Bonchev–Trinajstić information content (AvgIpc) is 2.90. The molecule has 4 nitrogen and oxygen atoms in total. The molecule has 1 amide bonds. The van der Waals surface area contributed by atoms with Crippen molar-refractivity contribution in [1.82, 2.24) is 9.88 Å². The zero-order valence-corrected chi connectivity index (χ0v) is 11.9. The minimum atomic E-state index is -0.0404. The van der Waals surface area contributed by atoms with Gasteiger partial charge in [0.05, 0.1) is 0 Å². The Labute approximate surface area is 119 Å². The monoisotopic (exact) mass is 277 g/mol. The van der Waals surface area contributed by atoms with Crippen molar-refractivity contribution in [2.24, 2.45) is 11.7 Å². The van der Waals surface area contributed by atoms with Gasteiger partial charge < -0.3 is 10.6 Å². The predicted octanol–water partition coefficient (Wildman–Crippen LogP) is 1.98. The van der Waals surface area contributed by atoms with Crippen molar-refractivity contribution in [3.63, 3.8) is 0 Å². The van der Waals surface area contributed by atoms with Crippen molar-refractivity contribution in [3.8, 4) is 0 Å². The summed E-state index contributed by atoms with van der Waals surface area (Å²) in [4.78, 5) is 18.4. The molecule has 1 heterocycles. The Morgan fingerprint density at radius 1 is 1.47 bits per heavy atom. The molecule has 0 saturated heterocycles. The van der Waals surface area contributed by atoms with Crippen LogP contribution in [-0.4, -0.2) is 34.4 Å². The highest BCUT2D eigenvalue weighted by molar-refractivity contribution is 7.80. The maximum Gasteiger partial charge on any atom is 0.272 e. The molecule has 0 spiro atoms. The third-order valence-corrected chi connectivity index (χ3v) is 3.86. The van der Waals surface area contributed by atoms with Crippen molar-refractivity contribution >= 4 is 23.1 Å². The summed E-state index contributed by atoms with van der Waals surface area (Å²) in [5, 5.41) is 0. The Balaban J connectivity index is 1.99. The average molecular weight is 277 g/mol. The lowest BCUT2D eigenvalue weighted by molar-refractivity contribution is 0.0767. The summed E-state index contributed by atoms with van der Waals surface area (Å²) in [6.07, 6.45) is 6.58. The first-order valence-electron chi connectivity index (χ1n) is 6.59. The van der Waals surface area contributed by atoms with E-state index in [1.807, 2.05) is 7.05 Å². The number of pyridine rings is 1. The molecule has 1 aliphatic rings. The molecular formula is C14H19N3OS. The van der Waals surface area contributed by atoms with E-state index in [1.165, 1.54) is 25.7 Å². The normalized spacial score (nSPS) is 15.4. The Hall–Kier alpha value is -1.49. The first kappa shape index (κ1) is 13.9. The molecule has 2 rings (SSSR count). The fourth-order valence-corrected chi connectivity index (χ4v) is 2.65. The van der Waals surface area contributed by atoms with Gasteiger partial charge in [0.25, 0.3) is 5.91 Å². The smallest absolute Gasteiger partial charge is 0.272 e. The van der Waals surface area contributed by atoms with Crippen LogP contribution in [0.4, 0.5) is 0 Å². The van der Waals surface area contributed by atoms with Gasteiger partial charge in [0.15, 0.2) is 0 Å². The van der Waals surface area contributed by atoms with Gasteiger partial charge in [-0.1, -0.05) is 25.1 Å². The van der Waals surface area contributed by atoms with Crippen LogP contribution in [0.3, 0.4) is 0 Å². The van der Waals surface area contributed by atoms with E-state index < -0.39 is 0 Å². The third-order valence-electron chi connectivity index (χ3n) is 3.62. The highest BCUT2D eigenvalue weighted by Crippen LogP contribution is 2.25. The molecule has 0 aromatic carbocycles. The standard InChI is InChI=1S/C14H19N3OS/c1-17(9-10-4-2-3-5-10)14(18)12-7-6-11(8-16-12)13(15)19/h6-8,10H,2-5,9H2,1H3,(H2,15,19). The molecule has 0 bridgehead atoms. The number of nitrogens with zero attached hydrogens (tertiary/aromatic N) is 2.